The predicted molar refractivity (Wildman–Crippen MR) is 212 cm³/mol. The molecule has 0 aliphatic heterocycles. The van der Waals surface area contributed by atoms with Gasteiger partial charge in [-0.1, -0.05) is 152 Å². The maximum Gasteiger partial charge on any atom is 0.160 e. The van der Waals surface area contributed by atoms with Crippen molar-refractivity contribution in [1.29, 1.82) is 0 Å². The third kappa shape index (κ3) is 5.06. The van der Waals surface area contributed by atoms with Crippen molar-refractivity contribution in [2.75, 3.05) is 0 Å². The van der Waals surface area contributed by atoms with Gasteiger partial charge in [-0.2, -0.15) is 0 Å². The first-order valence-corrected chi connectivity index (χ1v) is 17.2. The number of aromatic nitrogens is 2. The Hall–Kier alpha value is -6.84. The van der Waals surface area contributed by atoms with Crippen LogP contribution in [0.15, 0.2) is 186 Å². The van der Waals surface area contributed by atoms with Crippen molar-refractivity contribution < 1.29 is 4.42 Å². The molecule has 8 aromatic carbocycles. The van der Waals surface area contributed by atoms with Crippen LogP contribution < -0.4 is 0 Å². The molecule has 0 atom stereocenters. The predicted octanol–water partition coefficient (Wildman–Crippen LogP) is 13.0. The fraction of sp³-hybridized carbons (Fsp3) is 0. The van der Waals surface area contributed by atoms with Crippen molar-refractivity contribution in [3.8, 4) is 56.2 Å². The standard InChI is InChI=1S/C48H30N2O/c1-3-12-34(13-4-1)42-30-43(50-48(49-42)36-14-5-2-6-15-36)39-27-28-45-47(40-17-9-10-18-44(40)51-45)46(39)35-24-19-31(20-25-35)37-26-23-33-22-21-32-11-7-8-16-38(32)41(33)29-37/h1-30H. The summed E-state index contributed by atoms with van der Waals surface area (Å²) in [7, 11) is 0. The fourth-order valence-corrected chi connectivity index (χ4v) is 7.40. The van der Waals surface area contributed by atoms with E-state index >= 15 is 0 Å². The summed E-state index contributed by atoms with van der Waals surface area (Å²) in [6.07, 6.45) is 0. The van der Waals surface area contributed by atoms with Gasteiger partial charge < -0.3 is 4.42 Å². The third-order valence-corrected chi connectivity index (χ3v) is 9.90. The molecule has 0 fully saturated rings. The van der Waals surface area contributed by atoms with Crippen LogP contribution in [-0.4, -0.2) is 9.97 Å². The molecule has 10 rings (SSSR count). The zero-order valence-corrected chi connectivity index (χ0v) is 27.6. The van der Waals surface area contributed by atoms with Crippen molar-refractivity contribution in [3.63, 3.8) is 0 Å². The quantitative estimate of drug-likeness (QED) is 0.174. The molecule has 51 heavy (non-hydrogen) atoms. The highest BCUT2D eigenvalue weighted by molar-refractivity contribution is 6.16. The summed E-state index contributed by atoms with van der Waals surface area (Å²) in [5.74, 6) is 0.689. The number of hydrogen-bond donors (Lipinski definition) is 0. The molecule has 0 unspecified atom stereocenters. The Morgan fingerprint density at radius 3 is 1.76 bits per heavy atom. The Kier molecular flexibility index (Phi) is 6.81. The Morgan fingerprint density at radius 1 is 0.353 bits per heavy atom. The zero-order chi connectivity index (χ0) is 33.7. The molecule has 2 heterocycles. The third-order valence-electron chi connectivity index (χ3n) is 9.90. The van der Waals surface area contributed by atoms with Crippen LogP contribution in [0.4, 0.5) is 0 Å². The van der Waals surface area contributed by atoms with Crippen LogP contribution in [0.25, 0.3) is 99.6 Å². The summed E-state index contributed by atoms with van der Waals surface area (Å²) in [6, 6.07) is 63.9. The normalized spacial score (nSPS) is 11.5. The number of furan rings is 1. The van der Waals surface area contributed by atoms with Gasteiger partial charge in [-0.15, -0.1) is 0 Å². The lowest BCUT2D eigenvalue weighted by Crippen LogP contribution is -1.97. The first-order chi connectivity index (χ1) is 25.3. The maximum atomic E-state index is 6.43. The lowest BCUT2D eigenvalue weighted by molar-refractivity contribution is 0.669. The van der Waals surface area contributed by atoms with Crippen molar-refractivity contribution in [3.05, 3.63) is 182 Å². The van der Waals surface area contributed by atoms with E-state index in [9.17, 15) is 0 Å². The van der Waals surface area contributed by atoms with E-state index < -0.39 is 0 Å². The van der Waals surface area contributed by atoms with Gasteiger partial charge in [-0.25, -0.2) is 9.97 Å². The molecule has 2 aromatic heterocycles. The van der Waals surface area contributed by atoms with Crippen LogP contribution in [0.2, 0.25) is 0 Å². The van der Waals surface area contributed by atoms with E-state index in [1.54, 1.807) is 0 Å². The number of fused-ring (bicyclic) bond motifs is 6. The highest BCUT2D eigenvalue weighted by Gasteiger charge is 2.20. The number of hydrogen-bond acceptors (Lipinski definition) is 3. The van der Waals surface area contributed by atoms with Crippen molar-refractivity contribution >= 4 is 43.5 Å². The molecule has 238 valence electrons. The van der Waals surface area contributed by atoms with Gasteiger partial charge in [0.05, 0.1) is 11.4 Å². The van der Waals surface area contributed by atoms with Gasteiger partial charge in [0, 0.05) is 33.0 Å². The summed E-state index contributed by atoms with van der Waals surface area (Å²) < 4.78 is 6.43. The number of rotatable bonds is 5. The monoisotopic (exact) mass is 650 g/mol. The number of para-hydroxylation sites is 1. The van der Waals surface area contributed by atoms with Crippen LogP contribution in [0, 0.1) is 0 Å². The van der Waals surface area contributed by atoms with Crippen molar-refractivity contribution in [2.24, 2.45) is 0 Å². The van der Waals surface area contributed by atoms with Gasteiger partial charge in [-0.05, 0) is 68.6 Å². The Bertz CT molecular complexity index is 2830. The Balaban J connectivity index is 1.18. The van der Waals surface area contributed by atoms with E-state index in [0.29, 0.717) is 5.82 Å². The molecule has 0 aliphatic carbocycles. The summed E-state index contributed by atoms with van der Waals surface area (Å²) in [6.45, 7) is 0. The van der Waals surface area contributed by atoms with Crippen molar-refractivity contribution in [1.82, 2.24) is 9.97 Å². The second kappa shape index (κ2) is 11.9. The first kappa shape index (κ1) is 29.1. The van der Waals surface area contributed by atoms with Gasteiger partial charge >= 0.3 is 0 Å². The summed E-state index contributed by atoms with van der Waals surface area (Å²) in [5, 5.41) is 7.18. The average molecular weight is 651 g/mol. The summed E-state index contributed by atoms with van der Waals surface area (Å²) in [4.78, 5) is 10.3. The largest absolute Gasteiger partial charge is 0.456 e. The lowest BCUT2D eigenvalue weighted by atomic mass is 9.90. The first-order valence-electron chi connectivity index (χ1n) is 17.2. The Morgan fingerprint density at radius 2 is 0.961 bits per heavy atom. The number of nitrogens with zero attached hydrogens (tertiary/aromatic N) is 2. The highest BCUT2D eigenvalue weighted by Crippen LogP contribution is 2.44. The molecular weight excluding hydrogens is 621 g/mol. The fourth-order valence-electron chi connectivity index (χ4n) is 7.40. The molecule has 3 nitrogen and oxygen atoms in total. The van der Waals surface area contributed by atoms with E-state index in [0.717, 1.165) is 61.1 Å². The smallest absolute Gasteiger partial charge is 0.160 e. The second-order valence-corrected chi connectivity index (χ2v) is 13.0. The molecule has 0 radical (unpaired) electrons. The molecule has 0 bridgehead atoms. The minimum Gasteiger partial charge on any atom is -0.456 e. The van der Waals surface area contributed by atoms with E-state index in [1.807, 2.05) is 48.5 Å². The van der Waals surface area contributed by atoms with Crippen LogP contribution in [0.3, 0.4) is 0 Å². The molecule has 0 spiro atoms. The topological polar surface area (TPSA) is 38.9 Å². The minimum absolute atomic E-state index is 0.689. The molecule has 0 amide bonds. The van der Waals surface area contributed by atoms with Gasteiger partial charge in [0.1, 0.15) is 11.2 Å². The van der Waals surface area contributed by atoms with Crippen LogP contribution in [-0.2, 0) is 0 Å². The Labute approximate surface area is 295 Å². The molecule has 0 aliphatic rings. The summed E-state index contributed by atoms with van der Waals surface area (Å²) >= 11 is 0. The van der Waals surface area contributed by atoms with Gasteiger partial charge in [-0.3, -0.25) is 0 Å². The molecule has 3 heteroatoms. The number of benzene rings is 8. The van der Waals surface area contributed by atoms with E-state index in [-0.39, 0.29) is 0 Å². The average Bonchev–Trinajstić information content (AvgIpc) is 3.60. The van der Waals surface area contributed by atoms with Gasteiger partial charge in [0.2, 0.25) is 0 Å². The van der Waals surface area contributed by atoms with E-state index in [4.69, 9.17) is 14.4 Å². The summed E-state index contributed by atoms with van der Waals surface area (Å²) in [5.41, 5.74) is 11.0. The molecule has 0 saturated carbocycles. The van der Waals surface area contributed by atoms with Crippen LogP contribution in [0.1, 0.15) is 0 Å². The molecule has 0 N–H and O–H groups in total. The SMILES string of the molecule is c1ccc(-c2cc(-c3ccc4oc5ccccc5c4c3-c3ccc(-c4ccc5ccc6ccccc6c5c4)cc3)nc(-c3ccccc3)n2)cc1. The minimum atomic E-state index is 0.689. The van der Waals surface area contributed by atoms with E-state index in [2.05, 4.69) is 133 Å². The van der Waals surface area contributed by atoms with Gasteiger partial charge in [0.15, 0.2) is 5.82 Å². The maximum absolute atomic E-state index is 6.43. The lowest BCUT2D eigenvalue weighted by Gasteiger charge is -2.15. The van der Waals surface area contributed by atoms with Crippen LogP contribution in [0.5, 0.6) is 0 Å². The second-order valence-electron chi connectivity index (χ2n) is 13.0. The van der Waals surface area contributed by atoms with Gasteiger partial charge in [0.25, 0.3) is 0 Å². The van der Waals surface area contributed by atoms with E-state index in [1.165, 1.54) is 32.7 Å². The van der Waals surface area contributed by atoms with Crippen LogP contribution >= 0.6 is 0 Å². The molecule has 0 saturated heterocycles. The highest BCUT2D eigenvalue weighted by atomic mass is 16.3. The zero-order valence-electron chi connectivity index (χ0n) is 27.6. The van der Waals surface area contributed by atoms with Crippen molar-refractivity contribution in [2.45, 2.75) is 0 Å². The molecule has 10 aromatic rings. The molecular formula is C48H30N2O.